The van der Waals surface area contributed by atoms with Crippen LogP contribution in [0, 0.1) is 0 Å². The number of amides is 2. The van der Waals surface area contributed by atoms with E-state index in [1.54, 1.807) is 4.90 Å². The highest BCUT2D eigenvalue weighted by molar-refractivity contribution is 5.94. The van der Waals surface area contributed by atoms with Gasteiger partial charge in [0.05, 0.1) is 0 Å². The van der Waals surface area contributed by atoms with Crippen molar-refractivity contribution in [2.24, 2.45) is 0 Å². The van der Waals surface area contributed by atoms with Crippen LogP contribution in [0.1, 0.15) is 53.9 Å². The molecule has 1 heterocycles. The molecular formula is C13H24N2O2. The second-order valence-electron chi connectivity index (χ2n) is 6.02. The Morgan fingerprint density at radius 2 is 2.06 bits per heavy atom. The van der Waals surface area contributed by atoms with Gasteiger partial charge in [-0.15, -0.1) is 0 Å². The monoisotopic (exact) mass is 240 g/mol. The summed E-state index contributed by atoms with van der Waals surface area (Å²) in [4.78, 5) is 25.8. The summed E-state index contributed by atoms with van der Waals surface area (Å²) in [6.45, 7) is 10.4. The highest BCUT2D eigenvalue weighted by Crippen LogP contribution is 2.30. The van der Waals surface area contributed by atoms with Crippen LogP contribution in [-0.4, -0.2) is 34.3 Å². The first-order chi connectivity index (χ1) is 7.70. The van der Waals surface area contributed by atoms with Gasteiger partial charge in [0.25, 0.3) is 0 Å². The third-order valence-electron chi connectivity index (χ3n) is 3.15. The Morgan fingerprint density at radius 1 is 1.47 bits per heavy atom. The molecule has 0 bridgehead atoms. The minimum atomic E-state index is -0.666. The number of nitrogens with one attached hydrogen (secondary N) is 1. The van der Waals surface area contributed by atoms with E-state index in [0.717, 1.165) is 6.42 Å². The van der Waals surface area contributed by atoms with Crippen molar-refractivity contribution in [3.05, 3.63) is 0 Å². The van der Waals surface area contributed by atoms with E-state index in [-0.39, 0.29) is 17.4 Å². The Kier molecular flexibility index (Phi) is 3.84. The lowest BCUT2D eigenvalue weighted by atomic mass is 9.95. The molecule has 4 heteroatoms. The van der Waals surface area contributed by atoms with Gasteiger partial charge in [-0.3, -0.25) is 9.59 Å². The summed E-state index contributed by atoms with van der Waals surface area (Å²) >= 11 is 0. The van der Waals surface area contributed by atoms with Crippen molar-refractivity contribution < 1.29 is 9.59 Å². The summed E-state index contributed by atoms with van der Waals surface area (Å²) in [6.07, 6.45) is 1.98. The zero-order valence-corrected chi connectivity index (χ0v) is 11.6. The summed E-state index contributed by atoms with van der Waals surface area (Å²) in [6, 6.07) is 0. The van der Waals surface area contributed by atoms with Gasteiger partial charge < -0.3 is 10.2 Å². The molecule has 98 valence electrons. The van der Waals surface area contributed by atoms with E-state index in [9.17, 15) is 9.59 Å². The van der Waals surface area contributed by atoms with Crippen molar-refractivity contribution in [2.45, 2.75) is 65.0 Å². The van der Waals surface area contributed by atoms with Crippen molar-refractivity contribution in [3.8, 4) is 0 Å². The Labute approximate surface area is 104 Å². The second-order valence-corrected chi connectivity index (χ2v) is 6.02. The van der Waals surface area contributed by atoms with Crippen LogP contribution in [0.5, 0.6) is 0 Å². The summed E-state index contributed by atoms with van der Waals surface area (Å²) in [5.74, 6) is 0.0581. The average Bonchev–Trinajstić information content (AvgIpc) is 2.45. The lowest BCUT2D eigenvalue weighted by Crippen LogP contribution is -2.58. The Hall–Kier alpha value is -1.06. The molecule has 0 aromatic heterocycles. The van der Waals surface area contributed by atoms with E-state index < -0.39 is 5.54 Å². The maximum Gasteiger partial charge on any atom is 0.246 e. The molecule has 1 N–H and O–H groups in total. The van der Waals surface area contributed by atoms with E-state index in [1.807, 2.05) is 34.6 Å². The maximum atomic E-state index is 12.3. The van der Waals surface area contributed by atoms with Gasteiger partial charge in [-0.05, 0) is 40.5 Å². The first-order valence-electron chi connectivity index (χ1n) is 6.34. The fourth-order valence-electron chi connectivity index (χ4n) is 2.20. The molecule has 0 aromatic carbocycles. The van der Waals surface area contributed by atoms with Crippen LogP contribution in [0.2, 0.25) is 0 Å². The number of hydrogen-bond acceptors (Lipinski definition) is 2. The summed E-state index contributed by atoms with van der Waals surface area (Å²) in [5.41, 5.74) is -0.927. The number of hydrogen-bond donors (Lipinski definition) is 1. The first kappa shape index (κ1) is 14.0. The quantitative estimate of drug-likeness (QED) is 0.816. The fourth-order valence-corrected chi connectivity index (χ4v) is 2.20. The van der Waals surface area contributed by atoms with E-state index >= 15 is 0 Å². The van der Waals surface area contributed by atoms with Gasteiger partial charge in [-0.1, -0.05) is 6.92 Å². The second kappa shape index (κ2) is 4.67. The van der Waals surface area contributed by atoms with Gasteiger partial charge in [0.15, 0.2) is 0 Å². The molecule has 1 atom stereocenters. The SMILES string of the molecule is CCCN1C(=O)CCC1(C)C(=O)NC(C)(C)C. The highest BCUT2D eigenvalue weighted by atomic mass is 16.2. The predicted octanol–water partition coefficient (Wildman–Crippen LogP) is 1.69. The molecule has 0 saturated carbocycles. The molecule has 1 aliphatic heterocycles. The summed E-state index contributed by atoms with van der Waals surface area (Å²) in [5, 5.41) is 2.98. The molecule has 1 unspecified atom stereocenters. The summed E-state index contributed by atoms with van der Waals surface area (Å²) in [7, 11) is 0. The minimum Gasteiger partial charge on any atom is -0.349 e. The van der Waals surface area contributed by atoms with E-state index in [1.165, 1.54) is 0 Å². The Morgan fingerprint density at radius 3 is 2.53 bits per heavy atom. The zero-order valence-electron chi connectivity index (χ0n) is 11.6. The van der Waals surface area contributed by atoms with E-state index in [2.05, 4.69) is 5.32 Å². The molecule has 1 rings (SSSR count). The predicted molar refractivity (Wildman–Crippen MR) is 67.5 cm³/mol. The summed E-state index contributed by atoms with van der Waals surface area (Å²) < 4.78 is 0. The number of carbonyl (C=O) groups excluding carboxylic acids is 2. The zero-order chi connectivity index (χ0) is 13.3. The molecule has 2 amide bonds. The Balaban J connectivity index is 2.85. The van der Waals surface area contributed by atoms with Gasteiger partial charge in [-0.25, -0.2) is 0 Å². The molecule has 0 aliphatic carbocycles. The third kappa shape index (κ3) is 2.99. The van der Waals surface area contributed by atoms with Crippen LogP contribution >= 0.6 is 0 Å². The number of likely N-dealkylation sites (tertiary alicyclic amines) is 1. The van der Waals surface area contributed by atoms with Crippen molar-refractivity contribution in [1.29, 1.82) is 0 Å². The van der Waals surface area contributed by atoms with Gasteiger partial charge >= 0.3 is 0 Å². The van der Waals surface area contributed by atoms with Crippen molar-refractivity contribution in [1.82, 2.24) is 10.2 Å². The van der Waals surface area contributed by atoms with Crippen LogP contribution in [0.4, 0.5) is 0 Å². The Bertz CT molecular complexity index is 320. The van der Waals surface area contributed by atoms with Crippen molar-refractivity contribution >= 4 is 11.8 Å². The molecule has 17 heavy (non-hydrogen) atoms. The van der Waals surface area contributed by atoms with E-state index in [4.69, 9.17) is 0 Å². The first-order valence-corrected chi connectivity index (χ1v) is 6.34. The standard InChI is InChI=1S/C13H24N2O2/c1-6-9-15-10(16)7-8-13(15,5)11(17)14-12(2,3)4/h6-9H2,1-5H3,(H,14,17). The molecule has 1 fully saturated rings. The van der Waals surface area contributed by atoms with E-state index in [0.29, 0.717) is 19.4 Å². The number of rotatable bonds is 3. The van der Waals surface area contributed by atoms with Gasteiger partial charge in [0, 0.05) is 18.5 Å². The lowest BCUT2D eigenvalue weighted by Gasteiger charge is -2.36. The van der Waals surface area contributed by atoms with Crippen LogP contribution in [0.15, 0.2) is 0 Å². The molecule has 0 radical (unpaired) electrons. The largest absolute Gasteiger partial charge is 0.349 e. The van der Waals surface area contributed by atoms with Crippen molar-refractivity contribution in [2.75, 3.05) is 6.54 Å². The van der Waals surface area contributed by atoms with Crippen LogP contribution in [0.3, 0.4) is 0 Å². The van der Waals surface area contributed by atoms with Gasteiger partial charge in [0.2, 0.25) is 11.8 Å². The highest BCUT2D eigenvalue weighted by Gasteiger charge is 2.47. The van der Waals surface area contributed by atoms with Crippen LogP contribution in [0.25, 0.3) is 0 Å². The van der Waals surface area contributed by atoms with Gasteiger partial charge in [0.1, 0.15) is 5.54 Å². The maximum absolute atomic E-state index is 12.3. The molecule has 0 spiro atoms. The van der Waals surface area contributed by atoms with Crippen LogP contribution < -0.4 is 5.32 Å². The average molecular weight is 240 g/mol. The fraction of sp³-hybridized carbons (Fsp3) is 0.846. The smallest absolute Gasteiger partial charge is 0.246 e. The molecule has 1 aliphatic rings. The van der Waals surface area contributed by atoms with Crippen molar-refractivity contribution in [3.63, 3.8) is 0 Å². The normalized spacial score (nSPS) is 25.2. The van der Waals surface area contributed by atoms with Gasteiger partial charge in [-0.2, -0.15) is 0 Å². The number of nitrogens with zero attached hydrogens (tertiary/aromatic N) is 1. The minimum absolute atomic E-state index is 0.0377. The molecule has 0 aromatic rings. The molecular weight excluding hydrogens is 216 g/mol. The number of carbonyl (C=O) groups is 2. The third-order valence-corrected chi connectivity index (χ3v) is 3.15. The molecule has 1 saturated heterocycles. The molecule has 4 nitrogen and oxygen atoms in total. The van der Waals surface area contributed by atoms with Crippen LogP contribution in [-0.2, 0) is 9.59 Å². The lowest BCUT2D eigenvalue weighted by molar-refractivity contribution is -0.141. The topological polar surface area (TPSA) is 49.4 Å².